The second kappa shape index (κ2) is 12.3. The molecule has 1 aliphatic rings. The molecular formula is C33H34N8O2. The third-order valence-electron chi connectivity index (χ3n) is 7.56. The topological polar surface area (TPSA) is 111 Å². The number of nitrogens with zero attached hydrogens (tertiary/aromatic N) is 5. The van der Waals surface area contributed by atoms with Crippen molar-refractivity contribution in [1.82, 2.24) is 25.1 Å². The number of benzene rings is 3. The highest BCUT2D eigenvalue weighted by molar-refractivity contribution is 6.06. The first-order valence-electron chi connectivity index (χ1n) is 14.3. The largest absolute Gasteiger partial charge is 0.438 e. The first-order chi connectivity index (χ1) is 20.9. The van der Waals surface area contributed by atoms with E-state index in [1.165, 1.54) is 11.9 Å². The zero-order valence-electron chi connectivity index (χ0n) is 24.5. The predicted molar refractivity (Wildman–Crippen MR) is 169 cm³/mol. The van der Waals surface area contributed by atoms with Gasteiger partial charge in [-0.3, -0.25) is 9.89 Å². The number of aryl methyl sites for hydroxylation is 2. The Morgan fingerprint density at radius 3 is 2.40 bits per heavy atom. The van der Waals surface area contributed by atoms with Crippen molar-refractivity contribution in [3.05, 3.63) is 102 Å². The number of rotatable bonds is 8. The zero-order valence-corrected chi connectivity index (χ0v) is 24.5. The lowest BCUT2D eigenvalue weighted by Gasteiger charge is -2.34. The summed E-state index contributed by atoms with van der Waals surface area (Å²) >= 11 is 0. The van der Waals surface area contributed by atoms with Gasteiger partial charge < -0.3 is 25.2 Å². The van der Waals surface area contributed by atoms with E-state index in [0.29, 0.717) is 11.7 Å². The van der Waals surface area contributed by atoms with Crippen molar-refractivity contribution in [2.24, 2.45) is 0 Å². The monoisotopic (exact) mass is 574 g/mol. The number of piperazine rings is 1. The lowest BCUT2D eigenvalue weighted by Crippen LogP contribution is -2.44. The molecule has 218 valence electrons. The Bertz CT molecular complexity index is 1690. The van der Waals surface area contributed by atoms with Gasteiger partial charge in [0.15, 0.2) is 0 Å². The fraction of sp³-hybridized carbons (Fsp3) is 0.212. The Morgan fingerprint density at radius 1 is 0.930 bits per heavy atom. The van der Waals surface area contributed by atoms with Crippen molar-refractivity contribution < 1.29 is 9.53 Å². The average molecular weight is 575 g/mol. The number of hydrogen-bond acceptors (Lipinski definition) is 8. The molecule has 43 heavy (non-hydrogen) atoms. The summed E-state index contributed by atoms with van der Waals surface area (Å²) in [5.74, 6) is 0.602. The minimum Gasteiger partial charge on any atom is -0.438 e. The fourth-order valence-electron chi connectivity index (χ4n) is 5.05. The van der Waals surface area contributed by atoms with Gasteiger partial charge in [-0.25, -0.2) is 4.98 Å². The van der Waals surface area contributed by atoms with Crippen molar-refractivity contribution in [1.29, 1.82) is 0 Å². The molecule has 0 aliphatic carbocycles. The van der Waals surface area contributed by atoms with Crippen LogP contribution in [-0.2, 0) is 0 Å². The van der Waals surface area contributed by atoms with E-state index in [2.05, 4.69) is 59.8 Å². The summed E-state index contributed by atoms with van der Waals surface area (Å²) in [4.78, 5) is 27.4. The minimum atomic E-state index is -0.362. The number of ether oxygens (including phenoxy) is 1. The van der Waals surface area contributed by atoms with Crippen molar-refractivity contribution in [2.75, 3.05) is 48.8 Å². The lowest BCUT2D eigenvalue weighted by atomic mass is 10.1. The normalized spacial score (nSPS) is 13.5. The van der Waals surface area contributed by atoms with Crippen LogP contribution in [0.15, 0.2) is 85.2 Å². The van der Waals surface area contributed by atoms with Gasteiger partial charge in [0.2, 0.25) is 11.8 Å². The quantitative estimate of drug-likeness (QED) is 0.206. The van der Waals surface area contributed by atoms with Gasteiger partial charge in [-0.1, -0.05) is 30.3 Å². The summed E-state index contributed by atoms with van der Waals surface area (Å²) in [6.45, 7) is 8.01. The number of hydrogen-bond donors (Lipinski definition) is 3. The molecule has 5 aromatic rings. The Hall–Kier alpha value is -5.22. The standard InChI is InChI=1S/C33H34N8O2/c1-22-6-4-7-23(2)30(22)37-31(42)28-21-34-33(36-25-10-12-26(13-11-25)41-18-16-40(3)17-19-41)38-32(28)43-27-9-5-8-24(20-27)29-14-15-35-39-29/h4-15,20-21H,16-19H2,1-3H3,(H,35,39)(H,37,42)(H,34,36,38). The molecule has 0 bridgehead atoms. The van der Waals surface area contributed by atoms with Crippen molar-refractivity contribution in [3.8, 4) is 22.9 Å². The van der Waals surface area contributed by atoms with Gasteiger partial charge in [-0.2, -0.15) is 10.1 Å². The molecule has 0 saturated carbocycles. The van der Waals surface area contributed by atoms with Crippen LogP contribution in [0.3, 0.4) is 0 Å². The van der Waals surface area contributed by atoms with E-state index < -0.39 is 0 Å². The molecule has 1 fully saturated rings. The van der Waals surface area contributed by atoms with Crippen LogP contribution < -0.4 is 20.3 Å². The second-order valence-electron chi connectivity index (χ2n) is 10.7. The summed E-state index contributed by atoms with van der Waals surface area (Å²) in [5, 5.41) is 13.4. The van der Waals surface area contributed by atoms with Crippen molar-refractivity contribution in [2.45, 2.75) is 13.8 Å². The highest BCUT2D eigenvalue weighted by Crippen LogP contribution is 2.30. The zero-order chi connectivity index (χ0) is 29.8. The maximum absolute atomic E-state index is 13.5. The van der Waals surface area contributed by atoms with E-state index in [9.17, 15) is 4.79 Å². The van der Waals surface area contributed by atoms with Gasteiger partial charge in [-0.15, -0.1) is 0 Å². The number of nitrogens with one attached hydrogen (secondary N) is 3. The average Bonchev–Trinajstić information content (AvgIpc) is 3.56. The summed E-state index contributed by atoms with van der Waals surface area (Å²) in [5.41, 5.74) is 6.54. The molecular weight excluding hydrogens is 540 g/mol. The van der Waals surface area contributed by atoms with E-state index in [-0.39, 0.29) is 17.4 Å². The minimum absolute atomic E-state index is 0.134. The summed E-state index contributed by atoms with van der Waals surface area (Å²) < 4.78 is 6.25. The molecule has 6 rings (SSSR count). The number of para-hydroxylation sites is 1. The number of aromatic nitrogens is 4. The highest BCUT2D eigenvalue weighted by atomic mass is 16.5. The number of carbonyl (C=O) groups is 1. The summed E-state index contributed by atoms with van der Waals surface area (Å²) in [6.07, 6.45) is 3.25. The maximum Gasteiger partial charge on any atom is 0.262 e. The first kappa shape index (κ1) is 27.9. The number of amides is 1. The van der Waals surface area contributed by atoms with E-state index in [1.54, 1.807) is 6.20 Å². The third-order valence-corrected chi connectivity index (χ3v) is 7.56. The van der Waals surface area contributed by atoms with E-state index in [0.717, 1.165) is 59.9 Å². The molecule has 0 radical (unpaired) electrons. The number of aromatic amines is 1. The molecule has 1 aliphatic heterocycles. The van der Waals surface area contributed by atoms with Gasteiger partial charge in [-0.05, 0) is 74.5 Å². The second-order valence-corrected chi connectivity index (χ2v) is 10.7. The van der Waals surface area contributed by atoms with E-state index >= 15 is 0 Å². The molecule has 3 heterocycles. The van der Waals surface area contributed by atoms with E-state index in [4.69, 9.17) is 4.74 Å². The molecule has 1 saturated heterocycles. The SMILES string of the molecule is Cc1cccc(C)c1NC(=O)c1cnc(Nc2ccc(N3CCN(C)CC3)cc2)nc1Oc1cccc(-c2cc[nH]n2)c1. The van der Waals surface area contributed by atoms with Crippen LogP contribution in [0.5, 0.6) is 11.6 Å². The summed E-state index contributed by atoms with van der Waals surface area (Å²) in [7, 11) is 2.15. The number of carbonyl (C=O) groups excluding carboxylic acids is 1. The Balaban J connectivity index is 1.27. The van der Waals surface area contributed by atoms with Crippen LogP contribution >= 0.6 is 0 Å². The predicted octanol–water partition coefficient (Wildman–Crippen LogP) is 6.02. The highest BCUT2D eigenvalue weighted by Gasteiger charge is 2.20. The molecule has 3 aromatic carbocycles. The molecule has 0 atom stereocenters. The van der Waals surface area contributed by atoms with E-state index in [1.807, 2.05) is 74.5 Å². The van der Waals surface area contributed by atoms with Crippen LogP contribution in [0.2, 0.25) is 0 Å². The number of anilines is 4. The van der Waals surface area contributed by atoms with Gasteiger partial charge >= 0.3 is 0 Å². The van der Waals surface area contributed by atoms with Gasteiger partial charge in [0, 0.05) is 61.2 Å². The fourth-order valence-corrected chi connectivity index (χ4v) is 5.05. The van der Waals surface area contributed by atoms with Gasteiger partial charge in [0.25, 0.3) is 5.91 Å². The Kier molecular flexibility index (Phi) is 8.01. The summed E-state index contributed by atoms with van der Waals surface area (Å²) in [6, 6.07) is 23.4. The molecule has 3 N–H and O–H groups in total. The van der Waals surface area contributed by atoms with Crippen LogP contribution in [-0.4, -0.2) is 64.2 Å². The van der Waals surface area contributed by atoms with Gasteiger partial charge in [0.1, 0.15) is 11.3 Å². The molecule has 0 spiro atoms. The number of likely N-dealkylation sites (N-methyl/N-ethyl adjacent to an activating group) is 1. The molecule has 0 unspecified atom stereocenters. The van der Waals surface area contributed by atoms with Crippen LogP contribution in [0.4, 0.5) is 23.0 Å². The van der Waals surface area contributed by atoms with Gasteiger partial charge in [0.05, 0.1) is 5.69 Å². The Labute approximate surface area is 250 Å². The van der Waals surface area contributed by atoms with Crippen molar-refractivity contribution in [3.63, 3.8) is 0 Å². The smallest absolute Gasteiger partial charge is 0.262 e. The lowest BCUT2D eigenvalue weighted by molar-refractivity contribution is 0.102. The van der Waals surface area contributed by atoms with Crippen LogP contribution in [0.1, 0.15) is 21.5 Å². The van der Waals surface area contributed by atoms with Crippen molar-refractivity contribution >= 4 is 28.9 Å². The maximum atomic E-state index is 13.5. The van der Waals surface area contributed by atoms with Crippen LogP contribution in [0, 0.1) is 13.8 Å². The Morgan fingerprint density at radius 2 is 1.67 bits per heavy atom. The number of H-pyrrole nitrogens is 1. The molecule has 10 heteroatoms. The van der Waals surface area contributed by atoms with Crippen LogP contribution in [0.25, 0.3) is 11.3 Å². The first-order valence-corrected chi connectivity index (χ1v) is 14.3. The third kappa shape index (κ3) is 6.49. The molecule has 2 aromatic heterocycles. The molecule has 10 nitrogen and oxygen atoms in total. The molecule has 1 amide bonds.